The van der Waals surface area contributed by atoms with E-state index in [2.05, 4.69) is 10.3 Å². The minimum atomic E-state index is -0.542. The Labute approximate surface area is 110 Å². The van der Waals surface area contributed by atoms with Crippen LogP contribution in [0.3, 0.4) is 0 Å². The van der Waals surface area contributed by atoms with Gasteiger partial charge in [0.2, 0.25) is 0 Å². The molecule has 0 saturated heterocycles. The van der Waals surface area contributed by atoms with Crippen molar-refractivity contribution in [3.63, 3.8) is 0 Å². The van der Waals surface area contributed by atoms with Crippen LogP contribution >= 0.6 is 0 Å². The number of nitrogens with one attached hydrogen (secondary N) is 1. The summed E-state index contributed by atoms with van der Waals surface area (Å²) in [6.07, 6.45) is 8.02. The Morgan fingerprint density at radius 2 is 2.21 bits per heavy atom. The average Bonchev–Trinajstić information content (AvgIpc) is 2.89. The van der Waals surface area contributed by atoms with Crippen molar-refractivity contribution in [2.24, 2.45) is 0 Å². The molecule has 1 N–H and O–H groups in total. The number of nitro groups is 1. The maximum Gasteiger partial charge on any atom is 0.347 e. The van der Waals surface area contributed by atoms with Crippen LogP contribution in [0, 0.1) is 10.1 Å². The van der Waals surface area contributed by atoms with Crippen LogP contribution in [0.15, 0.2) is 17.2 Å². The molecule has 0 aliphatic heterocycles. The normalized spacial score (nSPS) is 15.8. The van der Waals surface area contributed by atoms with Gasteiger partial charge in [-0.25, -0.2) is 4.79 Å². The zero-order valence-corrected chi connectivity index (χ0v) is 10.7. The number of aromatic nitrogens is 2. The molecule has 104 valence electrons. The molecule has 7 nitrogen and oxygen atoms in total. The number of hydrogen-bond acceptors (Lipinski definition) is 5. The summed E-state index contributed by atoms with van der Waals surface area (Å²) in [7, 11) is 0. The maximum absolute atomic E-state index is 11.5. The van der Waals surface area contributed by atoms with Crippen molar-refractivity contribution in [2.75, 3.05) is 6.54 Å². The Balaban J connectivity index is 1.83. The van der Waals surface area contributed by atoms with Gasteiger partial charge in [-0.1, -0.05) is 12.8 Å². The highest BCUT2D eigenvalue weighted by atomic mass is 16.6. The topological polar surface area (TPSA) is 90.1 Å². The third kappa shape index (κ3) is 3.85. The number of nitrogens with zero attached hydrogens (tertiary/aromatic N) is 3. The summed E-state index contributed by atoms with van der Waals surface area (Å²) in [5, 5.41) is 14.0. The van der Waals surface area contributed by atoms with E-state index in [1.165, 1.54) is 36.4 Å². The molecule has 1 fully saturated rings. The zero-order chi connectivity index (χ0) is 13.7. The van der Waals surface area contributed by atoms with Crippen LogP contribution in [-0.2, 0) is 6.54 Å². The Kier molecular flexibility index (Phi) is 4.62. The number of hydrogen-bond donors (Lipinski definition) is 1. The molecular weight excluding hydrogens is 248 g/mol. The molecule has 1 saturated carbocycles. The second kappa shape index (κ2) is 6.42. The van der Waals surface area contributed by atoms with E-state index in [-0.39, 0.29) is 5.69 Å². The molecule has 0 spiro atoms. The minimum absolute atomic E-state index is 0.150. The number of rotatable bonds is 6. The standard InChI is InChI=1S/C12H18N4O3/c17-12-14-8-11(16(18)19)9-15(12)7-3-6-13-10-4-1-2-5-10/h8-10,13H,1-7H2. The molecule has 1 aromatic heterocycles. The molecule has 0 aromatic carbocycles. The maximum atomic E-state index is 11.5. The van der Waals surface area contributed by atoms with Gasteiger partial charge in [0.1, 0.15) is 6.20 Å². The fourth-order valence-corrected chi connectivity index (χ4v) is 2.38. The van der Waals surface area contributed by atoms with Crippen LogP contribution in [0.5, 0.6) is 0 Å². The molecule has 0 unspecified atom stereocenters. The van der Waals surface area contributed by atoms with E-state index >= 15 is 0 Å². The monoisotopic (exact) mass is 266 g/mol. The minimum Gasteiger partial charge on any atom is -0.314 e. The highest BCUT2D eigenvalue weighted by Crippen LogP contribution is 2.17. The van der Waals surface area contributed by atoms with Crippen LogP contribution in [0.2, 0.25) is 0 Å². The van der Waals surface area contributed by atoms with E-state index in [1.54, 1.807) is 0 Å². The van der Waals surface area contributed by atoms with E-state index < -0.39 is 10.6 Å². The Morgan fingerprint density at radius 1 is 1.47 bits per heavy atom. The second-order valence-corrected chi connectivity index (χ2v) is 4.83. The van der Waals surface area contributed by atoms with E-state index in [9.17, 15) is 14.9 Å². The summed E-state index contributed by atoms with van der Waals surface area (Å²) >= 11 is 0. The van der Waals surface area contributed by atoms with Crippen molar-refractivity contribution >= 4 is 5.69 Å². The van der Waals surface area contributed by atoms with E-state index in [1.807, 2.05) is 0 Å². The van der Waals surface area contributed by atoms with Crippen molar-refractivity contribution in [3.05, 3.63) is 33.0 Å². The average molecular weight is 266 g/mol. The number of aryl methyl sites for hydroxylation is 1. The molecule has 1 aliphatic carbocycles. The lowest BCUT2D eigenvalue weighted by Crippen LogP contribution is -2.29. The van der Waals surface area contributed by atoms with Gasteiger partial charge in [0.25, 0.3) is 0 Å². The van der Waals surface area contributed by atoms with Crippen LogP contribution in [0.1, 0.15) is 32.1 Å². The van der Waals surface area contributed by atoms with Crippen LogP contribution in [0.25, 0.3) is 0 Å². The van der Waals surface area contributed by atoms with Crippen molar-refractivity contribution in [2.45, 2.75) is 44.7 Å². The largest absolute Gasteiger partial charge is 0.347 e. The van der Waals surface area contributed by atoms with E-state index in [0.717, 1.165) is 19.2 Å². The van der Waals surface area contributed by atoms with Crippen molar-refractivity contribution in [1.82, 2.24) is 14.9 Å². The summed E-state index contributed by atoms with van der Waals surface area (Å²) in [5.41, 5.74) is -0.588. The Bertz CT molecular complexity index is 494. The SMILES string of the molecule is O=c1ncc([N+](=O)[O-])cn1CCCNC1CCCC1. The van der Waals surface area contributed by atoms with E-state index in [4.69, 9.17) is 0 Å². The van der Waals surface area contributed by atoms with Crippen molar-refractivity contribution in [1.29, 1.82) is 0 Å². The smallest absolute Gasteiger partial charge is 0.314 e. The molecule has 1 aliphatic rings. The van der Waals surface area contributed by atoms with Gasteiger partial charge in [0.05, 0.1) is 11.1 Å². The fraction of sp³-hybridized carbons (Fsp3) is 0.667. The van der Waals surface area contributed by atoms with Crippen LogP contribution < -0.4 is 11.0 Å². The van der Waals surface area contributed by atoms with Crippen LogP contribution in [-0.4, -0.2) is 27.1 Å². The molecular formula is C12H18N4O3. The predicted octanol–water partition coefficient (Wildman–Crippen LogP) is 1.07. The van der Waals surface area contributed by atoms with Crippen LogP contribution in [0.4, 0.5) is 5.69 Å². The van der Waals surface area contributed by atoms with Gasteiger partial charge in [-0.15, -0.1) is 0 Å². The summed E-state index contributed by atoms with van der Waals surface area (Å²) < 4.78 is 1.30. The predicted molar refractivity (Wildman–Crippen MR) is 70.0 cm³/mol. The Morgan fingerprint density at radius 3 is 2.89 bits per heavy atom. The highest BCUT2D eigenvalue weighted by Gasteiger charge is 2.13. The second-order valence-electron chi connectivity index (χ2n) is 4.83. The Hall–Kier alpha value is -1.76. The van der Waals surface area contributed by atoms with Gasteiger partial charge in [-0.3, -0.25) is 14.7 Å². The fourth-order valence-electron chi connectivity index (χ4n) is 2.38. The van der Waals surface area contributed by atoms with Gasteiger partial charge in [0.15, 0.2) is 0 Å². The van der Waals surface area contributed by atoms with Gasteiger partial charge in [-0.2, -0.15) is 4.98 Å². The molecule has 2 rings (SSSR count). The highest BCUT2D eigenvalue weighted by molar-refractivity contribution is 5.20. The molecule has 0 atom stereocenters. The molecule has 0 radical (unpaired) electrons. The molecule has 0 amide bonds. The van der Waals surface area contributed by atoms with Gasteiger partial charge in [-0.05, 0) is 25.8 Å². The molecule has 19 heavy (non-hydrogen) atoms. The first-order chi connectivity index (χ1) is 9.16. The van der Waals surface area contributed by atoms with Crippen molar-refractivity contribution in [3.8, 4) is 0 Å². The lowest BCUT2D eigenvalue weighted by Gasteiger charge is -2.11. The third-order valence-electron chi connectivity index (χ3n) is 3.42. The molecule has 1 heterocycles. The summed E-state index contributed by atoms with van der Waals surface area (Å²) in [4.78, 5) is 25.0. The molecule has 1 aromatic rings. The third-order valence-corrected chi connectivity index (χ3v) is 3.42. The molecule has 7 heteroatoms. The lowest BCUT2D eigenvalue weighted by atomic mass is 10.2. The zero-order valence-electron chi connectivity index (χ0n) is 10.7. The van der Waals surface area contributed by atoms with E-state index in [0.29, 0.717) is 12.6 Å². The summed E-state index contributed by atoms with van der Waals surface area (Å²) in [6.45, 7) is 1.27. The van der Waals surface area contributed by atoms with Crippen molar-refractivity contribution < 1.29 is 4.92 Å². The first-order valence-electron chi connectivity index (χ1n) is 6.61. The summed E-state index contributed by atoms with van der Waals surface area (Å²) in [6, 6.07) is 0.597. The van der Waals surface area contributed by atoms with Gasteiger partial charge >= 0.3 is 11.4 Å². The first-order valence-corrected chi connectivity index (χ1v) is 6.61. The molecule has 0 bridgehead atoms. The first kappa shape index (κ1) is 13.7. The van der Waals surface area contributed by atoms with Gasteiger partial charge < -0.3 is 5.32 Å². The lowest BCUT2D eigenvalue weighted by molar-refractivity contribution is -0.385. The summed E-state index contributed by atoms with van der Waals surface area (Å²) in [5.74, 6) is 0. The quantitative estimate of drug-likeness (QED) is 0.472. The van der Waals surface area contributed by atoms with Gasteiger partial charge in [0, 0.05) is 12.6 Å².